The van der Waals surface area contributed by atoms with Crippen LogP contribution in [0.25, 0.3) is 0 Å². The second-order valence-electron chi connectivity index (χ2n) is 5.18. The highest BCUT2D eigenvalue weighted by Crippen LogP contribution is 2.43. The number of carbonyl (C=O) groups excluding carboxylic acids is 1. The minimum atomic E-state index is -1.40. The summed E-state index contributed by atoms with van der Waals surface area (Å²) in [7, 11) is 0. The van der Waals surface area contributed by atoms with Crippen molar-refractivity contribution in [3.05, 3.63) is 10.1 Å². The molecule has 1 N–H and O–H groups in total. The molecule has 2 rings (SSSR count). The van der Waals surface area contributed by atoms with Gasteiger partial charge in [-0.05, 0) is 18.8 Å². The fourth-order valence-corrected chi connectivity index (χ4v) is 3.22. The Balaban J connectivity index is 2.42. The molecule has 2 saturated carbocycles. The third-order valence-electron chi connectivity index (χ3n) is 4.16. The molecule has 0 heterocycles. The fourth-order valence-electron chi connectivity index (χ4n) is 3.22. The third-order valence-corrected chi connectivity index (χ3v) is 4.16. The molecule has 0 spiro atoms. The molecular weight excluding hydrogens is 210 g/mol. The number of rotatable bonds is 1. The van der Waals surface area contributed by atoms with Crippen molar-refractivity contribution in [1.29, 1.82) is 0 Å². The lowest BCUT2D eigenvalue weighted by atomic mass is 9.68. The second kappa shape index (κ2) is 3.80. The summed E-state index contributed by atoms with van der Waals surface area (Å²) in [6, 6.07) is 0. The maximum atomic E-state index is 12.1. The van der Waals surface area contributed by atoms with Gasteiger partial charge in [-0.1, -0.05) is 13.3 Å². The molecule has 0 amide bonds. The van der Waals surface area contributed by atoms with Crippen molar-refractivity contribution in [3.63, 3.8) is 0 Å². The van der Waals surface area contributed by atoms with Gasteiger partial charge in [0.2, 0.25) is 5.78 Å². The number of nitro groups is 1. The van der Waals surface area contributed by atoms with Gasteiger partial charge in [-0.25, -0.2) is 0 Å². The van der Waals surface area contributed by atoms with Gasteiger partial charge in [-0.2, -0.15) is 0 Å². The van der Waals surface area contributed by atoms with Crippen molar-refractivity contribution in [3.8, 4) is 0 Å². The first kappa shape index (κ1) is 11.5. The Morgan fingerprint density at radius 1 is 1.50 bits per heavy atom. The van der Waals surface area contributed by atoms with E-state index in [2.05, 4.69) is 0 Å². The molecule has 0 saturated heterocycles. The summed E-state index contributed by atoms with van der Waals surface area (Å²) in [6.45, 7) is 1.80. The van der Waals surface area contributed by atoms with Crippen molar-refractivity contribution in [1.82, 2.24) is 0 Å². The summed E-state index contributed by atoms with van der Waals surface area (Å²) < 4.78 is 0. The van der Waals surface area contributed by atoms with Crippen LogP contribution in [0.5, 0.6) is 0 Å². The molecule has 0 radical (unpaired) electrons. The summed E-state index contributed by atoms with van der Waals surface area (Å²) in [5, 5.41) is 21.1. The molecule has 0 aromatic heterocycles. The van der Waals surface area contributed by atoms with E-state index in [1.807, 2.05) is 0 Å². The largest absolute Gasteiger partial charge is 0.392 e. The highest BCUT2D eigenvalue weighted by molar-refractivity contribution is 5.90. The zero-order valence-corrected chi connectivity index (χ0v) is 9.39. The van der Waals surface area contributed by atoms with Gasteiger partial charge >= 0.3 is 0 Å². The van der Waals surface area contributed by atoms with Crippen molar-refractivity contribution in [2.75, 3.05) is 0 Å². The van der Waals surface area contributed by atoms with Crippen molar-refractivity contribution >= 4 is 5.78 Å². The first-order valence-corrected chi connectivity index (χ1v) is 5.86. The van der Waals surface area contributed by atoms with E-state index < -0.39 is 22.5 Å². The maximum Gasteiger partial charge on any atom is 0.279 e. The van der Waals surface area contributed by atoms with Crippen LogP contribution in [-0.4, -0.2) is 27.5 Å². The molecule has 2 aliphatic carbocycles. The highest BCUT2D eigenvalue weighted by atomic mass is 16.6. The van der Waals surface area contributed by atoms with Crippen molar-refractivity contribution in [2.45, 2.75) is 50.7 Å². The standard InChI is InChI=1S/C11H17NO4/c1-7-6-11(12(15)16)5-3-2-4-8(9(7)13)10(11)14/h7-9,13H,2-6H2,1H3/t7-,8-,9+,11+/m1/s1. The van der Waals surface area contributed by atoms with Gasteiger partial charge in [0.25, 0.3) is 5.54 Å². The zero-order valence-electron chi connectivity index (χ0n) is 9.39. The Morgan fingerprint density at radius 2 is 2.19 bits per heavy atom. The van der Waals surface area contributed by atoms with Gasteiger partial charge < -0.3 is 5.11 Å². The number of nitrogens with zero attached hydrogens (tertiary/aromatic N) is 1. The lowest BCUT2D eigenvalue weighted by Crippen LogP contribution is -2.57. The van der Waals surface area contributed by atoms with Gasteiger partial charge in [0.1, 0.15) is 0 Å². The number of hydrogen-bond donors (Lipinski definition) is 1. The Morgan fingerprint density at radius 3 is 2.81 bits per heavy atom. The summed E-state index contributed by atoms with van der Waals surface area (Å²) in [6.07, 6.45) is 1.94. The third kappa shape index (κ3) is 1.45. The lowest BCUT2D eigenvalue weighted by Gasteiger charge is -2.37. The predicted octanol–water partition coefficient (Wildman–Crippen LogP) is 1.16. The van der Waals surface area contributed by atoms with Crippen LogP contribution in [0.3, 0.4) is 0 Å². The van der Waals surface area contributed by atoms with E-state index in [0.717, 1.165) is 6.42 Å². The quantitative estimate of drug-likeness (QED) is 0.538. The molecule has 2 fully saturated rings. The Kier molecular flexibility index (Phi) is 2.74. The van der Waals surface area contributed by atoms with Crippen molar-refractivity contribution < 1.29 is 14.8 Å². The molecule has 90 valence electrons. The van der Waals surface area contributed by atoms with Crippen LogP contribution in [0.1, 0.15) is 39.0 Å². The smallest absolute Gasteiger partial charge is 0.279 e. The van der Waals surface area contributed by atoms with E-state index in [0.29, 0.717) is 19.3 Å². The summed E-state index contributed by atoms with van der Waals surface area (Å²) in [4.78, 5) is 22.9. The van der Waals surface area contributed by atoms with Crippen LogP contribution < -0.4 is 0 Å². The van der Waals surface area contributed by atoms with E-state index in [1.165, 1.54) is 0 Å². The number of Topliss-reactive ketones (excluding diaryl/α,β-unsaturated/α-hetero) is 1. The van der Waals surface area contributed by atoms with Crippen molar-refractivity contribution in [2.24, 2.45) is 11.8 Å². The number of aliphatic hydroxyl groups excluding tert-OH is 1. The Bertz CT molecular complexity index is 330. The molecule has 0 aromatic carbocycles. The number of fused-ring (bicyclic) bond motifs is 2. The molecule has 5 nitrogen and oxygen atoms in total. The molecule has 0 unspecified atom stereocenters. The normalized spacial score (nSPS) is 43.9. The fraction of sp³-hybridized carbons (Fsp3) is 0.909. The maximum absolute atomic E-state index is 12.1. The average molecular weight is 227 g/mol. The van der Waals surface area contributed by atoms with E-state index >= 15 is 0 Å². The molecule has 5 heteroatoms. The molecule has 0 aromatic rings. The SMILES string of the molecule is C[C@@H]1C[C@@]2([N+](=O)[O-])CCCC[C@@H](C2=O)[C@H]1O. The summed E-state index contributed by atoms with van der Waals surface area (Å²) in [5.74, 6) is -1.01. The average Bonchev–Trinajstić information content (AvgIpc) is 2.34. The number of aliphatic hydroxyl groups is 1. The van der Waals surface area contributed by atoms with Crippen LogP contribution in [0.4, 0.5) is 0 Å². The Labute approximate surface area is 94.0 Å². The first-order chi connectivity index (χ1) is 7.49. The molecule has 16 heavy (non-hydrogen) atoms. The van der Waals surface area contributed by atoms with Crippen LogP contribution >= 0.6 is 0 Å². The van der Waals surface area contributed by atoms with Gasteiger partial charge in [0.15, 0.2) is 0 Å². The van der Waals surface area contributed by atoms with E-state index in [9.17, 15) is 20.0 Å². The van der Waals surface area contributed by atoms with E-state index in [-0.39, 0.29) is 18.1 Å². The summed E-state index contributed by atoms with van der Waals surface area (Å²) in [5.41, 5.74) is -1.40. The van der Waals surface area contributed by atoms with Gasteiger partial charge in [0, 0.05) is 17.8 Å². The molecule has 0 aliphatic heterocycles. The molecule has 2 aliphatic rings. The minimum Gasteiger partial charge on any atom is -0.392 e. The van der Waals surface area contributed by atoms with E-state index in [4.69, 9.17) is 0 Å². The van der Waals surface area contributed by atoms with Gasteiger partial charge in [-0.15, -0.1) is 0 Å². The van der Waals surface area contributed by atoms with Gasteiger partial charge in [0.05, 0.1) is 12.0 Å². The minimum absolute atomic E-state index is 0.161. The highest BCUT2D eigenvalue weighted by Gasteiger charge is 2.60. The second-order valence-corrected chi connectivity index (χ2v) is 5.18. The first-order valence-electron chi connectivity index (χ1n) is 5.86. The van der Waals surface area contributed by atoms with Crippen LogP contribution in [0.15, 0.2) is 0 Å². The number of ketones is 1. The number of carbonyl (C=O) groups is 1. The Hall–Kier alpha value is -0.970. The molecule has 2 bridgehead atoms. The summed E-state index contributed by atoms with van der Waals surface area (Å²) >= 11 is 0. The lowest BCUT2D eigenvalue weighted by molar-refractivity contribution is -0.558. The van der Waals surface area contributed by atoms with Crippen LogP contribution in [0, 0.1) is 22.0 Å². The topological polar surface area (TPSA) is 80.4 Å². The number of hydrogen-bond acceptors (Lipinski definition) is 4. The monoisotopic (exact) mass is 227 g/mol. The van der Waals surface area contributed by atoms with Crippen LogP contribution in [0.2, 0.25) is 0 Å². The van der Waals surface area contributed by atoms with Gasteiger partial charge in [-0.3, -0.25) is 14.9 Å². The molecule has 4 atom stereocenters. The van der Waals surface area contributed by atoms with E-state index in [1.54, 1.807) is 6.92 Å². The zero-order chi connectivity index (χ0) is 11.9. The predicted molar refractivity (Wildman–Crippen MR) is 56.5 cm³/mol. The molecular formula is C11H17NO4. The van der Waals surface area contributed by atoms with Crippen LogP contribution in [-0.2, 0) is 4.79 Å².